The highest BCUT2D eigenvalue weighted by atomic mass is 32.2. The van der Waals surface area contributed by atoms with E-state index in [1.54, 1.807) is 54.5 Å². The van der Waals surface area contributed by atoms with E-state index in [1.165, 1.54) is 6.21 Å². The molecule has 0 unspecified atom stereocenters. The average molecular weight is 376 g/mol. The van der Waals surface area contributed by atoms with E-state index in [2.05, 4.69) is 26.8 Å². The summed E-state index contributed by atoms with van der Waals surface area (Å²) in [7, 11) is 1.90. The van der Waals surface area contributed by atoms with Gasteiger partial charge in [0.25, 0.3) is 5.91 Å². The second-order valence-corrected chi connectivity index (χ2v) is 6.59. The number of thioether (sulfide) groups is 1. The van der Waals surface area contributed by atoms with E-state index >= 15 is 0 Å². The van der Waals surface area contributed by atoms with Gasteiger partial charge in [0.15, 0.2) is 5.16 Å². The number of rotatable bonds is 6. The molecule has 1 amide bonds. The Kier molecular flexibility index (Phi) is 5.97. The zero-order valence-electron chi connectivity index (χ0n) is 14.5. The highest BCUT2D eigenvalue weighted by molar-refractivity contribution is 7.98. The number of aromatic nitrogens is 3. The number of nitriles is 1. The molecule has 0 fully saturated rings. The first-order valence-electron chi connectivity index (χ1n) is 8.05. The number of hydrazone groups is 1. The monoisotopic (exact) mass is 376 g/mol. The fourth-order valence-corrected chi connectivity index (χ4v) is 3.02. The van der Waals surface area contributed by atoms with Crippen LogP contribution in [0.5, 0.6) is 0 Å². The lowest BCUT2D eigenvalue weighted by molar-refractivity contribution is 0.0955. The van der Waals surface area contributed by atoms with Gasteiger partial charge in [0, 0.05) is 18.4 Å². The van der Waals surface area contributed by atoms with Crippen molar-refractivity contribution in [2.75, 3.05) is 0 Å². The zero-order valence-corrected chi connectivity index (χ0v) is 15.3. The second-order valence-electron chi connectivity index (χ2n) is 5.64. The molecule has 3 rings (SSSR count). The van der Waals surface area contributed by atoms with Gasteiger partial charge in [-0.1, -0.05) is 36.0 Å². The lowest BCUT2D eigenvalue weighted by atomic mass is 10.1. The fraction of sp³-hybridized carbons (Fsp3) is 0.105. The van der Waals surface area contributed by atoms with Crippen molar-refractivity contribution < 1.29 is 4.79 Å². The minimum atomic E-state index is -0.285. The van der Waals surface area contributed by atoms with Crippen LogP contribution >= 0.6 is 11.8 Å². The third-order valence-electron chi connectivity index (χ3n) is 3.67. The number of hydrogen-bond donors (Lipinski definition) is 1. The van der Waals surface area contributed by atoms with Crippen LogP contribution in [0.1, 0.15) is 27.0 Å². The highest BCUT2D eigenvalue weighted by Crippen LogP contribution is 2.20. The van der Waals surface area contributed by atoms with E-state index in [9.17, 15) is 4.79 Å². The molecule has 0 bridgehead atoms. The molecule has 1 aromatic heterocycles. The van der Waals surface area contributed by atoms with Crippen molar-refractivity contribution in [1.82, 2.24) is 20.2 Å². The Morgan fingerprint density at radius 3 is 2.63 bits per heavy atom. The summed E-state index contributed by atoms with van der Waals surface area (Å²) in [6, 6.07) is 16.3. The van der Waals surface area contributed by atoms with E-state index < -0.39 is 0 Å². The summed E-state index contributed by atoms with van der Waals surface area (Å²) in [6.45, 7) is 0. The quantitative estimate of drug-likeness (QED) is 0.405. The molecule has 0 spiro atoms. The zero-order chi connectivity index (χ0) is 19.1. The van der Waals surface area contributed by atoms with Gasteiger partial charge in [-0.05, 0) is 35.4 Å². The van der Waals surface area contributed by atoms with E-state index in [0.29, 0.717) is 11.1 Å². The molecule has 7 nitrogen and oxygen atoms in total. The first-order valence-corrected chi connectivity index (χ1v) is 9.03. The number of hydrogen-bond acceptors (Lipinski definition) is 6. The molecule has 0 atom stereocenters. The summed E-state index contributed by atoms with van der Waals surface area (Å²) in [5.41, 5.74) is 5.48. The summed E-state index contributed by atoms with van der Waals surface area (Å²) in [6.07, 6.45) is 3.19. The Morgan fingerprint density at radius 1 is 1.26 bits per heavy atom. The van der Waals surface area contributed by atoms with Crippen LogP contribution in [-0.4, -0.2) is 26.9 Å². The second kappa shape index (κ2) is 8.78. The number of aryl methyl sites for hydroxylation is 1. The van der Waals surface area contributed by atoms with Gasteiger partial charge >= 0.3 is 0 Å². The smallest absolute Gasteiger partial charge is 0.271 e. The predicted octanol–water partition coefficient (Wildman–Crippen LogP) is 2.74. The van der Waals surface area contributed by atoms with Crippen LogP contribution in [0, 0.1) is 11.3 Å². The van der Waals surface area contributed by atoms with Crippen LogP contribution < -0.4 is 5.43 Å². The lowest BCUT2D eigenvalue weighted by Crippen LogP contribution is -2.17. The third-order valence-corrected chi connectivity index (χ3v) is 4.78. The Bertz CT molecular complexity index is 986. The number of carbonyl (C=O) groups excluding carboxylic acids is 1. The maximum atomic E-state index is 12.1. The van der Waals surface area contributed by atoms with Crippen molar-refractivity contribution in [3.8, 4) is 6.07 Å². The molecule has 1 N–H and O–H groups in total. The molecule has 27 heavy (non-hydrogen) atoms. The lowest BCUT2D eigenvalue weighted by Gasteiger charge is -2.03. The minimum Gasteiger partial charge on any atom is -0.312 e. The molecule has 3 aromatic rings. The van der Waals surface area contributed by atoms with E-state index in [0.717, 1.165) is 22.0 Å². The van der Waals surface area contributed by atoms with Gasteiger partial charge in [-0.3, -0.25) is 4.79 Å². The molecule has 0 saturated carbocycles. The topological polar surface area (TPSA) is 96.0 Å². The molecule has 8 heteroatoms. The normalized spacial score (nSPS) is 10.7. The molecule has 0 aliphatic carbocycles. The summed E-state index contributed by atoms with van der Waals surface area (Å²) >= 11 is 1.58. The molecule has 0 aliphatic heterocycles. The number of amides is 1. The van der Waals surface area contributed by atoms with Gasteiger partial charge in [0.1, 0.15) is 6.33 Å². The average Bonchev–Trinajstić information content (AvgIpc) is 3.12. The van der Waals surface area contributed by atoms with Gasteiger partial charge in [0.05, 0.1) is 17.8 Å². The summed E-state index contributed by atoms with van der Waals surface area (Å²) in [5, 5.41) is 21.4. The number of carbonyl (C=O) groups is 1. The van der Waals surface area contributed by atoms with Gasteiger partial charge in [-0.15, -0.1) is 10.2 Å². The number of nitrogens with one attached hydrogen (secondary N) is 1. The Labute approximate surface area is 160 Å². The summed E-state index contributed by atoms with van der Waals surface area (Å²) < 4.78 is 1.86. The third kappa shape index (κ3) is 5.03. The fourth-order valence-electron chi connectivity index (χ4n) is 2.18. The Balaban J connectivity index is 1.53. The van der Waals surface area contributed by atoms with Gasteiger partial charge in [0.2, 0.25) is 0 Å². The first kappa shape index (κ1) is 18.4. The largest absolute Gasteiger partial charge is 0.312 e. The highest BCUT2D eigenvalue weighted by Gasteiger charge is 2.06. The van der Waals surface area contributed by atoms with Crippen molar-refractivity contribution >= 4 is 23.9 Å². The molecule has 0 saturated heterocycles. The van der Waals surface area contributed by atoms with Crippen LogP contribution in [0.15, 0.2) is 65.1 Å². The number of nitrogens with zero attached hydrogens (tertiary/aromatic N) is 5. The Hall–Kier alpha value is -3.44. The maximum absolute atomic E-state index is 12.1. The van der Waals surface area contributed by atoms with Crippen molar-refractivity contribution in [2.45, 2.75) is 10.9 Å². The molecular weight excluding hydrogens is 360 g/mol. The first-order chi connectivity index (χ1) is 13.2. The molecule has 0 radical (unpaired) electrons. The van der Waals surface area contributed by atoms with E-state index in [-0.39, 0.29) is 5.91 Å². The number of benzene rings is 2. The van der Waals surface area contributed by atoms with Crippen LogP contribution in [0.25, 0.3) is 0 Å². The minimum absolute atomic E-state index is 0.285. The van der Waals surface area contributed by atoms with Crippen molar-refractivity contribution in [2.24, 2.45) is 12.1 Å². The van der Waals surface area contributed by atoms with Gasteiger partial charge in [-0.25, -0.2) is 5.43 Å². The molecule has 134 valence electrons. The molecule has 0 aliphatic rings. The molecule has 2 aromatic carbocycles. The van der Waals surface area contributed by atoms with Crippen LogP contribution in [0.3, 0.4) is 0 Å². The van der Waals surface area contributed by atoms with Gasteiger partial charge in [-0.2, -0.15) is 10.4 Å². The van der Waals surface area contributed by atoms with Crippen molar-refractivity contribution in [1.29, 1.82) is 5.26 Å². The Morgan fingerprint density at radius 2 is 2.00 bits per heavy atom. The SMILES string of the molecule is Cn1cnnc1SCc1ccc(C(=O)N/N=C/c2ccc(C#N)cc2)cc1. The predicted molar refractivity (Wildman–Crippen MR) is 103 cm³/mol. The van der Waals surface area contributed by atoms with E-state index in [4.69, 9.17) is 5.26 Å². The standard InChI is InChI=1S/C19H16N6OS/c1-25-13-22-24-19(25)27-12-16-6-8-17(9-7-16)18(26)23-21-11-15-4-2-14(10-20)3-5-15/h2-9,11,13H,12H2,1H3,(H,23,26)/b21-11+. The van der Waals surface area contributed by atoms with E-state index in [1.807, 2.05) is 23.7 Å². The van der Waals surface area contributed by atoms with Crippen LogP contribution in [0.4, 0.5) is 0 Å². The molecular formula is C19H16N6OS. The van der Waals surface area contributed by atoms with Gasteiger partial charge < -0.3 is 4.57 Å². The van der Waals surface area contributed by atoms with Crippen LogP contribution in [-0.2, 0) is 12.8 Å². The van der Waals surface area contributed by atoms with Crippen molar-refractivity contribution in [3.63, 3.8) is 0 Å². The summed E-state index contributed by atoms with van der Waals surface area (Å²) in [4.78, 5) is 12.1. The van der Waals surface area contributed by atoms with Crippen molar-refractivity contribution in [3.05, 3.63) is 77.1 Å². The van der Waals surface area contributed by atoms with Crippen LogP contribution in [0.2, 0.25) is 0 Å². The maximum Gasteiger partial charge on any atom is 0.271 e. The molecule has 1 heterocycles. The summed E-state index contributed by atoms with van der Waals surface area (Å²) in [5.74, 6) is 0.457.